The first-order valence-electron chi connectivity index (χ1n) is 4.90. The van der Waals surface area contributed by atoms with Gasteiger partial charge in [-0.1, -0.05) is 0 Å². The fraction of sp³-hybridized carbons (Fsp3) is 0.300. The standard InChI is InChI=1S/C10H12FNO5S/c1-17-10(14)8-3-2-7(11)6-9(8)18(15,16)12-4-5-13/h2-3,6,12-13H,4-5H2,1H3. The van der Waals surface area contributed by atoms with Crippen molar-refractivity contribution in [3.05, 3.63) is 29.6 Å². The molecule has 8 heteroatoms. The highest BCUT2D eigenvalue weighted by Crippen LogP contribution is 2.18. The largest absolute Gasteiger partial charge is 0.465 e. The zero-order chi connectivity index (χ0) is 13.8. The van der Waals surface area contributed by atoms with E-state index in [0.717, 1.165) is 19.2 Å². The maximum atomic E-state index is 13.1. The fourth-order valence-electron chi connectivity index (χ4n) is 1.25. The van der Waals surface area contributed by atoms with Gasteiger partial charge in [0.2, 0.25) is 10.0 Å². The van der Waals surface area contributed by atoms with Crippen LogP contribution in [0.25, 0.3) is 0 Å². The Hall–Kier alpha value is -1.51. The van der Waals surface area contributed by atoms with Crippen LogP contribution in [0, 0.1) is 5.82 Å². The second kappa shape index (κ2) is 5.89. The molecule has 0 unspecified atom stereocenters. The average Bonchev–Trinajstić information content (AvgIpc) is 2.35. The molecule has 1 aromatic rings. The summed E-state index contributed by atoms with van der Waals surface area (Å²) in [6, 6.07) is 2.69. The topological polar surface area (TPSA) is 92.7 Å². The Balaban J connectivity index is 3.29. The molecule has 0 spiro atoms. The van der Waals surface area contributed by atoms with Crippen molar-refractivity contribution in [3.8, 4) is 0 Å². The molecule has 18 heavy (non-hydrogen) atoms. The number of methoxy groups -OCH3 is 1. The smallest absolute Gasteiger partial charge is 0.339 e. The summed E-state index contributed by atoms with van der Waals surface area (Å²) >= 11 is 0. The molecule has 0 aromatic heterocycles. The van der Waals surface area contributed by atoms with Crippen molar-refractivity contribution in [2.45, 2.75) is 4.90 Å². The molecule has 100 valence electrons. The summed E-state index contributed by atoms with van der Waals surface area (Å²) in [5.41, 5.74) is -0.274. The van der Waals surface area contributed by atoms with Gasteiger partial charge in [-0.3, -0.25) is 0 Å². The first-order chi connectivity index (χ1) is 8.42. The number of benzene rings is 1. The van der Waals surface area contributed by atoms with Gasteiger partial charge < -0.3 is 9.84 Å². The minimum atomic E-state index is -4.08. The number of carbonyl (C=O) groups is 1. The number of sulfonamides is 1. The zero-order valence-electron chi connectivity index (χ0n) is 9.51. The molecule has 0 radical (unpaired) electrons. The van der Waals surface area contributed by atoms with Crippen LogP contribution < -0.4 is 4.72 Å². The van der Waals surface area contributed by atoms with Crippen LogP contribution in [0.3, 0.4) is 0 Å². The monoisotopic (exact) mass is 277 g/mol. The fourth-order valence-corrected chi connectivity index (χ4v) is 2.48. The molecule has 0 saturated carbocycles. The molecule has 0 aliphatic rings. The number of esters is 1. The molecule has 0 amide bonds. The number of hydrogen-bond donors (Lipinski definition) is 2. The molecule has 0 aliphatic heterocycles. The number of rotatable bonds is 5. The number of halogens is 1. The van der Waals surface area contributed by atoms with Gasteiger partial charge in [-0.15, -0.1) is 0 Å². The van der Waals surface area contributed by atoms with Gasteiger partial charge in [0, 0.05) is 6.54 Å². The molecular formula is C10H12FNO5S. The van der Waals surface area contributed by atoms with Gasteiger partial charge in [-0.05, 0) is 18.2 Å². The highest BCUT2D eigenvalue weighted by atomic mass is 32.2. The van der Waals surface area contributed by atoms with Crippen LogP contribution in [-0.2, 0) is 14.8 Å². The van der Waals surface area contributed by atoms with E-state index in [1.54, 1.807) is 0 Å². The van der Waals surface area contributed by atoms with Crippen LogP contribution >= 0.6 is 0 Å². The van der Waals surface area contributed by atoms with E-state index >= 15 is 0 Å². The molecular weight excluding hydrogens is 265 g/mol. The molecule has 0 bridgehead atoms. The van der Waals surface area contributed by atoms with E-state index in [2.05, 4.69) is 4.74 Å². The van der Waals surface area contributed by atoms with Crippen molar-refractivity contribution in [1.82, 2.24) is 4.72 Å². The predicted molar refractivity (Wildman–Crippen MR) is 60.0 cm³/mol. The van der Waals surface area contributed by atoms with Crippen molar-refractivity contribution >= 4 is 16.0 Å². The number of aliphatic hydroxyl groups is 1. The first-order valence-corrected chi connectivity index (χ1v) is 6.39. The van der Waals surface area contributed by atoms with Crippen LogP contribution in [0.5, 0.6) is 0 Å². The molecule has 1 aromatic carbocycles. The van der Waals surface area contributed by atoms with Crippen molar-refractivity contribution in [3.63, 3.8) is 0 Å². The summed E-state index contributed by atoms with van der Waals surface area (Å²) in [6.07, 6.45) is 0. The van der Waals surface area contributed by atoms with Crippen LogP contribution in [0.4, 0.5) is 4.39 Å². The minimum absolute atomic E-state index is 0.237. The second-order valence-electron chi connectivity index (χ2n) is 3.25. The maximum Gasteiger partial charge on any atom is 0.339 e. The molecule has 2 N–H and O–H groups in total. The Bertz CT molecular complexity index is 543. The lowest BCUT2D eigenvalue weighted by Crippen LogP contribution is -2.28. The second-order valence-corrected chi connectivity index (χ2v) is 4.99. The molecule has 6 nitrogen and oxygen atoms in total. The molecule has 0 fully saturated rings. The zero-order valence-corrected chi connectivity index (χ0v) is 10.3. The summed E-state index contributed by atoms with van der Waals surface area (Å²) in [6.45, 7) is -0.651. The van der Waals surface area contributed by atoms with Crippen molar-refractivity contribution in [2.24, 2.45) is 0 Å². The summed E-state index contributed by atoms with van der Waals surface area (Å²) in [5.74, 6) is -1.69. The van der Waals surface area contributed by atoms with Crippen LogP contribution in [0.2, 0.25) is 0 Å². The molecule has 1 rings (SSSR count). The summed E-state index contributed by atoms with van der Waals surface area (Å²) in [4.78, 5) is 10.9. The third-order valence-electron chi connectivity index (χ3n) is 2.04. The minimum Gasteiger partial charge on any atom is -0.465 e. The summed E-state index contributed by atoms with van der Waals surface area (Å²) in [5, 5.41) is 8.56. The number of nitrogens with one attached hydrogen (secondary N) is 1. The van der Waals surface area contributed by atoms with Gasteiger partial charge in [-0.25, -0.2) is 22.3 Å². The number of ether oxygens (including phenoxy) is 1. The Morgan fingerprint density at radius 2 is 2.17 bits per heavy atom. The molecule has 0 saturated heterocycles. The average molecular weight is 277 g/mol. The van der Waals surface area contributed by atoms with Crippen molar-refractivity contribution in [1.29, 1.82) is 0 Å². The van der Waals surface area contributed by atoms with Crippen molar-refractivity contribution in [2.75, 3.05) is 20.3 Å². The van der Waals surface area contributed by atoms with Gasteiger partial charge >= 0.3 is 5.97 Å². The number of carbonyl (C=O) groups excluding carboxylic acids is 1. The Morgan fingerprint density at radius 1 is 1.50 bits per heavy atom. The SMILES string of the molecule is COC(=O)c1ccc(F)cc1S(=O)(=O)NCCO. The lowest BCUT2D eigenvalue weighted by Gasteiger charge is -2.09. The van der Waals surface area contributed by atoms with E-state index in [0.29, 0.717) is 6.07 Å². The molecule has 0 aliphatic carbocycles. The van der Waals surface area contributed by atoms with Crippen molar-refractivity contribution < 1.29 is 27.4 Å². The predicted octanol–water partition coefficient (Wildman–Crippen LogP) is -0.117. The van der Waals surface area contributed by atoms with E-state index in [1.165, 1.54) is 0 Å². The third-order valence-corrected chi connectivity index (χ3v) is 3.54. The summed E-state index contributed by atoms with van der Waals surface area (Å²) < 4.78 is 43.1. The van der Waals surface area contributed by atoms with Gasteiger partial charge in [0.15, 0.2) is 0 Å². The lowest BCUT2D eigenvalue weighted by molar-refractivity contribution is 0.0596. The third kappa shape index (κ3) is 3.25. The molecule has 0 heterocycles. The van der Waals surface area contributed by atoms with Gasteiger partial charge in [0.25, 0.3) is 0 Å². The Labute approximate surface area is 103 Å². The van der Waals surface area contributed by atoms with Gasteiger partial charge in [0.05, 0.1) is 24.2 Å². The first kappa shape index (κ1) is 14.6. The van der Waals surface area contributed by atoms with Gasteiger partial charge in [-0.2, -0.15) is 0 Å². The van der Waals surface area contributed by atoms with E-state index in [1.807, 2.05) is 4.72 Å². The Kier molecular flexibility index (Phi) is 4.76. The Morgan fingerprint density at radius 3 is 2.72 bits per heavy atom. The van der Waals surface area contributed by atoms with Crippen LogP contribution in [0.15, 0.2) is 23.1 Å². The van der Waals surface area contributed by atoms with Crippen LogP contribution in [0.1, 0.15) is 10.4 Å². The number of aliphatic hydroxyl groups excluding tert-OH is 1. The van der Waals surface area contributed by atoms with E-state index in [4.69, 9.17) is 5.11 Å². The highest BCUT2D eigenvalue weighted by molar-refractivity contribution is 7.89. The van der Waals surface area contributed by atoms with E-state index in [9.17, 15) is 17.6 Å². The van der Waals surface area contributed by atoms with E-state index in [-0.39, 0.29) is 12.1 Å². The lowest BCUT2D eigenvalue weighted by atomic mass is 10.2. The van der Waals surface area contributed by atoms with E-state index < -0.39 is 33.3 Å². The summed E-state index contributed by atoms with van der Waals surface area (Å²) in [7, 11) is -2.99. The maximum absolute atomic E-state index is 13.1. The normalized spacial score (nSPS) is 11.3. The molecule has 0 atom stereocenters. The highest BCUT2D eigenvalue weighted by Gasteiger charge is 2.23. The quantitative estimate of drug-likeness (QED) is 0.732. The van der Waals surface area contributed by atoms with Crippen LogP contribution in [-0.4, -0.2) is 39.8 Å². The van der Waals surface area contributed by atoms with Gasteiger partial charge in [0.1, 0.15) is 5.82 Å². The number of hydrogen-bond acceptors (Lipinski definition) is 5.